The molecule has 1 aromatic carbocycles. The van der Waals surface area contributed by atoms with Gasteiger partial charge in [0.05, 0.1) is 14.2 Å². The van der Waals surface area contributed by atoms with E-state index < -0.39 is 0 Å². The molecule has 2 heterocycles. The number of halogens is 1. The molecule has 0 saturated carbocycles. The molecule has 1 unspecified atom stereocenters. The van der Waals surface area contributed by atoms with Gasteiger partial charge in [-0.2, -0.15) is 0 Å². The monoisotopic (exact) mass is 573 g/mol. The summed E-state index contributed by atoms with van der Waals surface area (Å²) >= 11 is 0. The minimum Gasteiger partial charge on any atom is -0.497 e. The van der Waals surface area contributed by atoms with Crippen LogP contribution in [0, 0.1) is 11.8 Å². The molecule has 1 atom stereocenters. The van der Waals surface area contributed by atoms with Gasteiger partial charge >= 0.3 is 0 Å². The lowest BCUT2D eigenvalue weighted by Gasteiger charge is -2.38. The van der Waals surface area contributed by atoms with Crippen molar-refractivity contribution in [3.05, 3.63) is 23.8 Å². The quantitative estimate of drug-likeness (QED) is 0.293. The zero-order valence-corrected chi connectivity index (χ0v) is 23.5. The Morgan fingerprint density at radius 3 is 2.48 bits per heavy atom. The summed E-state index contributed by atoms with van der Waals surface area (Å²) in [6.45, 7) is 14.2. The highest BCUT2D eigenvalue weighted by atomic mass is 127. The highest BCUT2D eigenvalue weighted by molar-refractivity contribution is 14.0. The number of aliphatic imine (C=N–C) groups is 1. The molecule has 0 bridgehead atoms. The predicted molar refractivity (Wildman–Crippen MR) is 147 cm³/mol. The molecule has 1 aromatic rings. The van der Waals surface area contributed by atoms with Crippen LogP contribution in [0.1, 0.15) is 32.3 Å². The van der Waals surface area contributed by atoms with E-state index >= 15 is 0 Å². The van der Waals surface area contributed by atoms with E-state index in [2.05, 4.69) is 44.9 Å². The van der Waals surface area contributed by atoms with E-state index in [0.29, 0.717) is 5.92 Å². The highest BCUT2D eigenvalue weighted by Crippen LogP contribution is 2.25. The molecule has 2 fully saturated rings. The lowest BCUT2D eigenvalue weighted by atomic mass is 9.97. The van der Waals surface area contributed by atoms with Crippen molar-refractivity contribution >= 4 is 29.9 Å². The third kappa shape index (κ3) is 8.47. The second-order valence-electron chi connectivity index (χ2n) is 9.53. The number of piperazine rings is 1. The summed E-state index contributed by atoms with van der Waals surface area (Å²) in [5.41, 5.74) is 1.17. The summed E-state index contributed by atoms with van der Waals surface area (Å²) in [4.78, 5) is 12.1. The van der Waals surface area contributed by atoms with Crippen molar-refractivity contribution in [2.45, 2.75) is 33.2 Å². The molecule has 33 heavy (non-hydrogen) atoms. The standard InChI is InChI=1S/C25H43N5O2.HI/c1-20(2)17-29-10-6-7-21(18-29)16-27-25(26-3)30-13-11-28(12-14-30)19-22-15-23(31-4)8-9-24(22)32-5;/h8-9,15,20-21H,6-7,10-14,16-19H2,1-5H3,(H,26,27);1H. The number of nitrogens with zero attached hydrogens (tertiary/aromatic N) is 4. The topological polar surface area (TPSA) is 52.6 Å². The zero-order chi connectivity index (χ0) is 22.9. The number of benzene rings is 1. The Labute approximate surface area is 217 Å². The maximum Gasteiger partial charge on any atom is 0.193 e. The van der Waals surface area contributed by atoms with Crippen molar-refractivity contribution in [3.63, 3.8) is 0 Å². The lowest BCUT2D eigenvalue weighted by Crippen LogP contribution is -2.53. The third-order valence-corrected chi connectivity index (χ3v) is 6.54. The molecule has 3 rings (SSSR count). The number of hydrogen-bond donors (Lipinski definition) is 1. The van der Waals surface area contributed by atoms with E-state index in [9.17, 15) is 0 Å². The number of ether oxygens (including phenoxy) is 2. The van der Waals surface area contributed by atoms with Gasteiger partial charge in [0, 0.05) is 65.0 Å². The Hall–Kier alpha value is -1.26. The predicted octanol–water partition coefficient (Wildman–Crippen LogP) is 3.38. The molecule has 2 aliphatic rings. The second kappa shape index (κ2) is 14.2. The number of hydrogen-bond acceptors (Lipinski definition) is 5. The fourth-order valence-electron chi connectivity index (χ4n) is 4.93. The van der Waals surface area contributed by atoms with Crippen LogP contribution in [-0.4, -0.2) is 94.3 Å². The van der Waals surface area contributed by atoms with Gasteiger partial charge in [-0.25, -0.2) is 0 Å². The van der Waals surface area contributed by atoms with Crippen molar-refractivity contribution in [1.82, 2.24) is 20.0 Å². The van der Waals surface area contributed by atoms with E-state index in [1.165, 1.54) is 38.0 Å². The van der Waals surface area contributed by atoms with Crippen LogP contribution in [0.3, 0.4) is 0 Å². The van der Waals surface area contributed by atoms with Gasteiger partial charge in [-0.15, -0.1) is 24.0 Å². The largest absolute Gasteiger partial charge is 0.497 e. The van der Waals surface area contributed by atoms with Crippen molar-refractivity contribution in [3.8, 4) is 11.5 Å². The summed E-state index contributed by atoms with van der Waals surface area (Å²) < 4.78 is 11.0. The van der Waals surface area contributed by atoms with E-state index in [1.54, 1.807) is 14.2 Å². The molecular weight excluding hydrogens is 529 g/mol. The molecule has 2 saturated heterocycles. The Balaban J connectivity index is 0.00000385. The first kappa shape index (κ1) is 28.0. The minimum atomic E-state index is 0. The normalized spacial score (nSPS) is 20.5. The minimum absolute atomic E-state index is 0. The molecule has 0 spiro atoms. The summed E-state index contributed by atoms with van der Waals surface area (Å²) in [6, 6.07) is 6.02. The van der Waals surface area contributed by atoms with Crippen LogP contribution in [0.2, 0.25) is 0 Å². The Morgan fingerprint density at radius 2 is 1.85 bits per heavy atom. The average molecular weight is 574 g/mol. The van der Waals surface area contributed by atoms with Gasteiger partial charge in [-0.3, -0.25) is 9.89 Å². The molecule has 0 aromatic heterocycles. The molecule has 188 valence electrons. The molecule has 1 N–H and O–H groups in total. The smallest absolute Gasteiger partial charge is 0.193 e. The van der Waals surface area contributed by atoms with Gasteiger partial charge < -0.3 is 24.6 Å². The molecule has 8 heteroatoms. The number of guanidine groups is 1. The Kier molecular flexibility index (Phi) is 12.0. The van der Waals surface area contributed by atoms with E-state index in [-0.39, 0.29) is 24.0 Å². The van der Waals surface area contributed by atoms with E-state index in [1.807, 2.05) is 19.2 Å². The average Bonchev–Trinajstić information content (AvgIpc) is 2.80. The van der Waals surface area contributed by atoms with E-state index in [0.717, 1.165) is 62.6 Å². The van der Waals surface area contributed by atoms with Crippen LogP contribution in [-0.2, 0) is 6.54 Å². The molecule has 0 aliphatic carbocycles. The van der Waals surface area contributed by atoms with Crippen molar-refractivity contribution < 1.29 is 9.47 Å². The van der Waals surface area contributed by atoms with Gasteiger partial charge in [-0.05, 0) is 49.4 Å². The van der Waals surface area contributed by atoms with Crippen LogP contribution in [0.4, 0.5) is 0 Å². The van der Waals surface area contributed by atoms with Gasteiger partial charge in [0.2, 0.25) is 0 Å². The van der Waals surface area contributed by atoms with Crippen LogP contribution >= 0.6 is 24.0 Å². The fraction of sp³-hybridized carbons (Fsp3) is 0.720. The van der Waals surface area contributed by atoms with Crippen molar-refractivity contribution in [1.29, 1.82) is 0 Å². The number of piperidine rings is 1. The van der Waals surface area contributed by atoms with Crippen LogP contribution in [0.15, 0.2) is 23.2 Å². The first-order chi connectivity index (χ1) is 15.5. The number of nitrogens with one attached hydrogen (secondary N) is 1. The Bertz CT molecular complexity index is 738. The summed E-state index contributed by atoms with van der Waals surface area (Å²) in [6.07, 6.45) is 2.62. The van der Waals surface area contributed by atoms with Gasteiger partial charge in [0.25, 0.3) is 0 Å². The Morgan fingerprint density at radius 1 is 1.09 bits per heavy atom. The SMILES string of the molecule is CN=C(NCC1CCCN(CC(C)C)C1)N1CCN(Cc2cc(OC)ccc2OC)CC1.I. The third-order valence-electron chi connectivity index (χ3n) is 6.54. The maximum absolute atomic E-state index is 5.56. The number of methoxy groups -OCH3 is 2. The number of likely N-dealkylation sites (tertiary alicyclic amines) is 1. The molecule has 0 radical (unpaired) electrons. The van der Waals surface area contributed by atoms with Crippen molar-refractivity contribution in [2.24, 2.45) is 16.8 Å². The lowest BCUT2D eigenvalue weighted by molar-refractivity contribution is 0.155. The van der Waals surface area contributed by atoms with Crippen molar-refractivity contribution in [2.75, 3.05) is 73.6 Å². The van der Waals surface area contributed by atoms with Gasteiger partial charge in [0.1, 0.15) is 11.5 Å². The molecular formula is C25H44IN5O2. The van der Waals surface area contributed by atoms with Gasteiger partial charge in [-0.1, -0.05) is 13.8 Å². The molecule has 7 nitrogen and oxygen atoms in total. The highest BCUT2D eigenvalue weighted by Gasteiger charge is 2.23. The van der Waals surface area contributed by atoms with Crippen LogP contribution in [0.5, 0.6) is 11.5 Å². The first-order valence-electron chi connectivity index (χ1n) is 12.1. The molecule has 2 aliphatic heterocycles. The number of rotatable bonds is 8. The fourth-order valence-corrected chi connectivity index (χ4v) is 4.93. The summed E-state index contributed by atoms with van der Waals surface area (Å²) in [5.74, 6) is 4.29. The van der Waals surface area contributed by atoms with Crippen LogP contribution < -0.4 is 14.8 Å². The summed E-state index contributed by atoms with van der Waals surface area (Å²) in [7, 11) is 5.34. The summed E-state index contributed by atoms with van der Waals surface area (Å²) in [5, 5.41) is 3.67. The maximum atomic E-state index is 5.56. The van der Waals surface area contributed by atoms with E-state index in [4.69, 9.17) is 9.47 Å². The zero-order valence-electron chi connectivity index (χ0n) is 21.2. The van der Waals surface area contributed by atoms with Gasteiger partial charge in [0.15, 0.2) is 5.96 Å². The second-order valence-corrected chi connectivity index (χ2v) is 9.53. The molecule has 0 amide bonds. The van der Waals surface area contributed by atoms with Crippen LogP contribution in [0.25, 0.3) is 0 Å². The first-order valence-corrected chi connectivity index (χ1v) is 12.1.